The molecule has 0 atom stereocenters. The van der Waals surface area contributed by atoms with Crippen molar-refractivity contribution in [2.75, 3.05) is 6.54 Å². The maximum absolute atomic E-state index is 3.98. The highest BCUT2D eigenvalue weighted by atomic mass is 14.9. The van der Waals surface area contributed by atoms with Crippen LogP contribution in [0.3, 0.4) is 0 Å². The first-order valence-electron chi connectivity index (χ1n) is 3.05. The molecule has 2 rings (SSSR count). The molecule has 0 spiro atoms. The van der Waals surface area contributed by atoms with Gasteiger partial charge in [0.1, 0.15) is 0 Å². The Bertz CT molecular complexity index is 211. The Morgan fingerprint density at radius 3 is 3.56 bits per heavy atom. The number of allylic oxidation sites excluding steroid dienone is 1. The molecule has 0 aliphatic carbocycles. The molecule has 0 aromatic heterocycles. The van der Waals surface area contributed by atoms with Crippen molar-refractivity contribution in [2.45, 2.75) is 6.42 Å². The zero-order valence-corrected chi connectivity index (χ0v) is 5.02. The number of fused-ring (bicyclic) bond motifs is 1. The van der Waals surface area contributed by atoms with Crippen LogP contribution in [0.1, 0.15) is 6.42 Å². The fraction of sp³-hybridized carbons (Fsp3) is 0.286. The number of nitrogens with one attached hydrogen (secondary N) is 1. The van der Waals surface area contributed by atoms with E-state index in [2.05, 4.69) is 16.4 Å². The second kappa shape index (κ2) is 1.72. The average molecular weight is 119 g/mol. The molecule has 0 aromatic carbocycles. The van der Waals surface area contributed by atoms with Crippen molar-refractivity contribution in [3.8, 4) is 0 Å². The molecule has 2 nitrogen and oxygen atoms in total. The lowest BCUT2D eigenvalue weighted by atomic mass is 10.1. The van der Waals surface area contributed by atoms with E-state index in [4.69, 9.17) is 0 Å². The van der Waals surface area contributed by atoms with Gasteiger partial charge in [-0.15, -0.1) is 0 Å². The van der Waals surface area contributed by atoms with Crippen LogP contribution >= 0.6 is 0 Å². The van der Waals surface area contributed by atoms with E-state index < -0.39 is 0 Å². The summed E-state index contributed by atoms with van der Waals surface area (Å²) in [5.41, 5.74) is 2.25. The lowest BCUT2D eigenvalue weighted by molar-refractivity contribution is 0.777. The van der Waals surface area contributed by atoms with Crippen molar-refractivity contribution < 1.29 is 0 Å². The van der Waals surface area contributed by atoms with Crippen molar-refractivity contribution in [1.29, 1.82) is 0 Å². The van der Waals surface area contributed by atoms with Gasteiger partial charge < -0.3 is 5.32 Å². The van der Waals surface area contributed by atoms with Crippen molar-refractivity contribution in [2.24, 2.45) is 4.99 Å². The largest absolute Gasteiger partial charge is 0.383 e. The molecule has 2 aliphatic heterocycles. The molecule has 0 saturated carbocycles. The molecule has 45 valence electrons. The number of nitrogens with zero attached hydrogens (tertiary/aromatic N) is 1. The molecule has 2 heteroatoms. The minimum absolute atomic E-state index is 0.999. The molecule has 0 fully saturated rings. The van der Waals surface area contributed by atoms with E-state index in [1.807, 2.05) is 12.4 Å². The zero-order valence-electron chi connectivity index (χ0n) is 5.02. The topological polar surface area (TPSA) is 24.4 Å². The third kappa shape index (κ3) is 0.669. The number of rotatable bonds is 0. The number of aliphatic imine (C=N–C) groups is 1. The molecule has 0 saturated heterocycles. The van der Waals surface area contributed by atoms with Gasteiger partial charge in [0.15, 0.2) is 0 Å². The summed E-state index contributed by atoms with van der Waals surface area (Å²) in [6.07, 6.45) is 7.89. The summed E-state index contributed by atoms with van der Waals surface area (Å²) in [5.74, 6) is 0. The van der Waals surface area contributed by atoms with Gasteiger partial charge in [-0.25, -0.2) is 0 Å². The van der Waals surface area contributed by atoms with Gasteiger partial charge in [0.05, 0.1) is 11.9 Å². The van der Waals surface area contributed by atoms with Crippen LogP contribution in [-0.4, -0.2) is 12.8 Å². The van der Waals surface area contributed by atoms with Crippen molar-refractivity contribution >= 4 is 6.21 Å². The zero-order chi connectivity index (χ0) is 6.10. The Morgan fingerprint density at radius 2 is 2.67 bits per heavy atom. The molecule has 2 heterocycles. The van der Waals surface area contributed by atoms with E-state index in [9.17, 15) is 0 Å². The fourth-order valence-electron chi connectivity index (χ4n) is 1.00. The predicted molar refractivity (Wildman–Crippen MR) is 36.0 cm³/mol. The maximum atomic E-state index is 3.98. The van der Waals surface area contributed by atoms with Gasteiger partial charge in [0.2, 0.25) is 0 Å². The molecule has 0 aromatic rings. The molecular formula is C7H7N2. The van der Waals surface area contributed by atoms with E-state index in [1.165, 1.54) is 0 Å². The van der Waals surface area contributed by atoms with E-state index in [-0.39, 0.29) is 0 Å². The molecule has 0 bridgehead atoms. The van der Waals surface area contributed by atoms with Crippen molar-refractivity contribution in [1.82, 2.24) is 5.32 Å². The van der Waals surface area contributed by atoms with Gasteiger partial charge in [-0.3, -0.25) is 4.99 Å². The summed E-state index contributed by atoms with van der Waals surface area (Å²) in [5, 5.41) is 3.22. The predicted octanol–water partition coefficient (Wildman–Crippen LogP) is 0.635. The quantitative estimate of drug-likeness (QED) is 0.497. The standard InChI is InChI=1S/C7H7N2/c1-2-6-4-8-5-7(6)9-3-1/h4-5,9H,1,3H2. The highest BCUT2D eigenvalue weighted by Crippen LogP contribution is 2.13. The molecule has 1 radical (unpaired) electrons. The van der Waals surface area contributed by atoms with Crippen LogP contribution < -0.4 is 5.32 Å². The molecule has 0 amide bonds. The summed E-state index contributed by atoms with van der Waals surface area (Å²) in [6.45, 7) is 0.999. The molecule has 9 heavy (non-hydrogen) atoms. The minimum atomic E-state index is 0.999. The lowest BCUT2D eigenvalue weighted by Crippen LogP contribution is -2.19. The monoisotopic (exact) mass is 119 g/mol. The van der Waals surface area contributed by atoms with Crippen LogP contribution in [0, 0.1) is 6.08 Å². The SMILES string of the molecule is [C]1=C2C=NC=C2NCC1. The third-order valence-corrected chi connectivity index (χ3v) is 1.45. The first-order valence-corrected chi connectivity index (χ1v) is 3.05. The van der Waals surface area contributed by atoms with Crippen LogP contribution in [0.5, 0.6) is 0 Å². The summed E-state index contributed by atoms with van der Waals surface area (Å²) < 4.78 is 0. The summed E-state index contributed by atoms with van der Waals surface area (Å²) in [7, 11) is 0. The summed E-state index contributed by atoms with van der Waals surface area (Å²) >= 11 is 0. The van der Waals surface area contributed by atoms with Crippen molar-refractivity contribution in [3.05, 3.63) is 23.5 Å². The van der Waals surface area contributed by atoms with Crippen LogP contribution in [0.4, 0.5) is 0 Å². The van der Waals surface area contributed by atoms with Crippen molar-refractivity contribution in [3.63, 3.8) is 0 Å². The van der Waals surface area contributed by atoms with Crippen LogP contribution in [-0.2, 0) is 0 Å². The fourth-order valence-corrected chi connectivity index (χ4v) is 1.00. The summed E-state index contributed by atoms with van der Waals surface area (Å²) in [6, 6.07) is 0. The van der Waals surface area contributed by atoms with Gasteiger partial charge in [0.25, 0.3) is 0 Å². The molecule has 1 N–H and O–H groups in total. The lowest BCUT2D eigenvalue weighted by Gasteiger charge is -2.10. The minimum Gasteiger partial charge on any atom is -0.383 e. The number of hydrogen-bond donors (Lipinski definition) is 1. The smallest absolute Gasteiger partial charge is 0.0618 e. The average Bonchev–Trinajstić information content (AvgIpc) is 2.33. The first kappa shape index (κ1) is 4.79. The van der Waals surface area contributed by atoms with E-state index in [0.717, 1.165) is 24.2 Å². The van der Waals surface area contributed by atoms with Gasteiger partial charge in [-0.05, 0) is 12.5 Å². The Kier molecular flexibility index (Phi) is 0.918. The van der Waals surface area contributed by atoms with Crippen LogP contribution in [0.2, 0.25) is 0 Å². The summed E-state index contributed by atoms with van der Waals surface area (Å²) in [4.78, 5) is 3.98. The highest BCUT2D eigenvalue weighted by molar-refractivity contribution is 5.87. The van der Waals surface area contributed by atoms with Gasteiger partial charge >= 0.3 is 0 Å². The third-order valence-electron chi connectivity index (χ3n) is 1.45. The normalized spacial score (nSPS) is 22.2. The Morgan fingerprint density at radius 1 is 1.67 bits per heavy atom. The van der Waals surface area contributed by atoms with Gasteiger partial charge in [-0.2, -0.15) is 0 Å². The van der Waals surface area contributed by atoms with Gasteiger partial charge in [0, 0.05) is 18.3 Å². The van der Waals surface area contributed by atoms with E-state index >= 15 is 0 Å². The molecule has 0 unspecified atom stereocenters. The van der Waals surface area contributed by atoms with E-state index in [1.54, 1.807) is 0 Å². The van der Waals surface area contributed by atoms with E-state index in [0.29, 0.717) is 0 Å². The Balaban J connectivity index is 2.38. The molecular weight excluding hydrogens is 112 g/mol. The van der Waals surface area contributed by atoms with Gasteiger partial charge in [-0.1, -0.05) is 0 Å². The second-order valence-electron chi connectivity index (χ2n) is 2.09. The maximum Gasteiger partial charge on any atom is 0.0618 e. The Hall–Kier alpha value is -1.05. The second-order valence-corrected chi connectivity index (χ2v) is 2.09. The first-order chi connectivity index (χ1) is 4.47. The molecule has 2 aliphatic rings. The van der Waals surface area contributed by atoms with Crippen LogP contribution in [0.15, 0.2) is 22.5 Å². The Labute approximate surface area is 54.0 Å². The highest BCUT2D eigenvalue weighted by Gasteiger charge is 2.09. The van der Waals surface area contributed by atoms with Crippen LogP contribution in [0.25, 0.3) is 0 Å². The number of hydrogen-bond acceptors (Lipinski definition) is 2.